The Balaban J connectivity index is 1.28. The molecule has 2 unspecified atom stereocenters. The molecular weight excluding hydrogens is 987 g/mol. The van der Waals surface area contributed by atoms with Crippen LogP contribution in [0.5, 0.6) is 0 Å². The highest BCUT2D eigenvalue weighted by Crippen LogP contribution is 2.61. The summed E-state index contributed by atoms with van der Waals surface area (Å²) in [6, 6.07) is 0. The molecule has 392 valence electrons. The number of nitrogens with two attached hydrogens (primary N) is 1. The molecule has 0 spiro atoms. The van der Waals surface area contributed by atoms with Gasteiger partial charge in [0.1, 0.15) is 36.3 Å². The molecule has 2 aromatic heterocycles. The van der Waals surface area contributed by atoms with Gasteiger partial charge in [-0.05, 0) is 38.5 Å². The molecule has 3 heterocycles. The molecule has 1 aliphatic rings. The van der Waals surface area contributed by atoms with Crippen LogP contribution in [0.2, 0.25) is 0 Å². The highest BCUT2D eigenvalue weighted by molar-refractivity contribution is 8.13. The highest BCUT2D eigenvalue weighted by atomic mass is 32.2. The second-order valence-corrected chi connectivity index (χ2v) is 22.4. The molecule has 1 fully saturated rings. The van der Waals surface area contributed by atoms with E-state index in [-0.39, 0.29) is 41.6 Å². The molecule has 7 atom stereocenters. The van der Waals surface area contributed by atoms with Crippen LogP contribution in [-0.4, -0.2) is 123 Å². The fourth-order valence-corrected chi connectivity index (χ4v) is 10.4. The molecule has 2 amide bonds. The molecule has 0 aliphatic carbocycles. The Hall–Kier alpha value is -2.96. The number of amides is 2. The largest absolute Gasteiger partial charge is 0.481 e. The summed E-state index contributed by atoms with van der Waals surface area (Å²) < 4.78 is 62.5. The van der Waals surface area contributed by atoms with Gasteiger partial charge in [0.05, 0.1) is 19.5 Å². The van der Waals surface area contributed by atoms with Gasteiger partial charge in [0.2, 0.25) is 11.8 Å². The van der Waals surface area contributed by atoms with E-state index in [4.69, 9.17) is 19.5 Å². The molecule has 2 aromatic rings. The van der Waals surface area contributed by atoms with Crippen LogP contribution in [0.1, 0.15) is 123 Å². The normalized spacial score (nSPS) is 20.1. The third kappa shape index (κ3) is 23.0. The average Bonchev–Trinajstić information content (AvgIpc) is 3.84. The predicted molar refractivity (Wildman–Crippen MR) is 256 cm³/mol. The van der Waals surface area contributed by atoms with Gasteiger partial charge in [-0.3, -0.25) is 32.5 Å². The minimum Gasteiger partial charge on any atom is -0.386 e. The summed E-state index contributed by atoms with van der Waals surface area (Å²) in [5.41, 5.74) is 4.29. The number of hydrogen-bond donors (Lipinski definition) is 9. The molecule has 1 aliphatic heterocycles. The minimum atomic E-state index is -5.58. The van der Waals surface area contributed by atoms with Crippen LogP contribution in [0, 0.1) is 5.41 Å². The molecule has 3 rings (SSSR count). The van der Waals surface area contributed by atoms with Gasteiger partial charge >= 0.3 is 23.5 Å². The smallest absolute Gasteiger partial charge is 0.386 e. The number of fused-ring (bicyclic) bond motifs is 1. The quantitative estimate of drug-likeness (QED) is 0.0241. The fourth-order valence-electron chi connectivity index (χ4n) is 6.80. The Labute approximate surface area is 406 Å². The van der Waals surface area contributed by atoms with Gasteiger partial charge in [-0.25, -0.2) is 28.6 Å². The van der Waals surface area contributed by atoms with E-state index in [0.29, 0.717) is 12.2 Å². The number of hydrogen-bond acceptors (Lipinski definition) is 18. The van der Waals surface area contributed by atoms with Crippen molar-refractivity contribution in [2.75, 3.05) is 37.8 Å². The Morgan fingerprint density at radius 2 is 1.52 bits per heavy atom. The summed E-state index contributed by atoms with van der Waals surface area (Å²) in [6.07, 6.45) is 17.4. The second kappa shape index (κ2) is 30.2. The molecule has 0 saturated carbocycles. The molecule has 0 bridgehead atoms. The summed E-state index contributed by atoms with van der Waals surface area (Å²) in [7, 11) is -16.4. The number of thioether (sulfide) groups is 1. The van der Waals surface area contributed by atoms with Crippen LogP contribution >= 0.6 is 35.2 Å². The number of phosphoric acid groups is 3. The molecule has 10 N–H and O–H groups in total. The predicted octanol–water partition coefficient (Wildman–Crippen LogP) is 5.26. The highest BCUT2D eigenvalue weighted by Gasteiger charge is 2.50. The fraction of sp³-hybridized carbons (Fsp3) is 0.707. The van der Waals surface area contributed by atoms with E-state index in [2.05, 4.69) is 65.6 Å². The van der Waals surface area contributed by atoms with Crippen molar-refractivity contribution >= 4 is 69.1 Å². The zero-order valence-electron chi connectivity index (χ0n) is 39.3. The topological polar surface area (TPSA) is 364 Å². The lowest BCUT2D eigenvalue weighted by molar-refractivity contribution is -0.137. The standard InChI is InChI=1S/C41H70N7O17P3S/c1-4-5-6-7-8-9-10-11-12-13-14-15-16-17-18-19-20-21-32(50)69-25-24-43-31(49)22-23-44-39(53)36(52)41(2,3)27-62-68(59,60)65-67(57,58)61-26-30-35(64-66(54,55)56)34(51)40(63-30)48-29-47-33-37(42)45-28-46-38(33)48/h8-9,11-12,28-30,34-36,40,51-52H,4-7,10,13-27H2,1-3H3,(H,43,49)(H,44,53)(H,57,58)(H,59,60)(H2,42,45,46)(H2,54,55,56)/b9-8-,12-11-/t30-,34+,35+,36-,40-/m0/s1. The van der Waals surface area contributed by atoms with Crippen LogP contribution in [0.4, 0.5) is 5.82 Å². The summed E-state index contributed by atoms with van der Waals surface area (Å²) in [6.45, 7) is 2.78. The van der Waals surface area contributed by atoms with Crippen LogP contribution in [0.3, 0.4) is 0 Å². The minimum absolute atomic E-state index is 0.0327. The van der Waals surface area contributed by atoms with Crippen LogP contribution in [-0.2, 0) is 50.7 Å². The lowest BCUT2D eigenvalue weighted by Gasteiger charge is -2.30. The van der Waals surface area contributed by atoms with Crippen molar-refractivity contribution in [2.24, 2.45) is 5.41 Å². The Bertz CT molecular complexity index is 2130. The number of carbonyl (C=O) groups excluding carboxylic acids is 3. The number of ether oxygens (including phenoxy) is 1. The van der Waals surface area contributed by atoms with Crippen molar-refractivity contribution < 1.29 is 80.5 Å². The van der Waals surface area contributed by atoms with Crippen LogP contribution < -0.4 is 16.4 Å². The number of nitrogen functional groups attached to an aromatic ring is 1. The van der Waals surface area contributed by atoms with Gasteiger partial charge in [0, 0.05) is 37.1 Å². The van der Waals surface area contributed by atoms with Crippen LogP contribution in [0.25, 0.3) is 11.2 Å². The molecule has 69 heavy (non-hydrogen) atoms. The lowest BCUT2D eigenvalue weighted by atomic mass is 9.87. The first kappa shape index (κ1) is 60.3. The number of imidazole rings is 1. The second-order valence-electron chi connectivity index (χ2n) is 17.0. The van der Waals surface area contributed by atoms with Crippen molar-refractivity contribution in [2.45, 2.75) is 148 Å². The summed E-state index contributed by atoms with van der Waals surface area (Å²) in [4.78, 5) is 88.4. The molecule has 28 heteroatoms. The average molecular weight is 1060 g/mol. The first-order chi connectivity index (χ1) is 32.6. The molecular formula is C41H70N7O17P3S. The number of aromatic nitrogens is 4. The van der Waals surface area contributed by atoms with Gasteiger partial charge in [-0.2, -0.15) is 4.31 Å². The third-order valence-corrected chi connectivity index (χ3v) is 14.6. The number of rotatable bonds is 35. The van der Waals surface area contributed by atoms with Gasteiger partial charge < -0.3 is 50.9 Å². The maximum absolute atomic E-state index is 12.7. The third-order valence-electron chi connectivity index (χ3n) is 10.6. The molecule has 0 radical (unpaired) electrons. The van der Waals surface area contributed by atoms with E-state index in [1.807, 2.05) is 0 Å². The van der Waals surface area contributed by atoms with E-state index >= 15 is 0 Å². The SMILES string of the molecule is CCCCC/C=C\C/C=C\CCCCCCCCCC(=O)SCCNC(=O)CCNC(=O)[C@H](O)C(C)(C)COP(=O)(O)OP(=O)(O)OC[C@@H]1O[C@H](n2cnc3c(N)ncnc32)[C@H](O)[C@@H]1OP(=O)(O)O. The molecule has 0 aromatic carbocycles. The number of unbranched alkanes of at least 4 members (excludes halogenated alkanes) is 10. The first-order valence-corrected chi connectivity index (χ1v) is 28.4. The zero-order chi connectivity index (χ0) is 51.1. The van der Waals surface area contributed by atoms with Crippen molar-refractivity contribution in [1.82, 2.24) is 30.2 Å². The van der Waals surface area contributed by atoms with Gasteiger partial charge in [-0.1, -0.05) is 102 Å². The number of nitrogens with zero attached hydrogens (tertiary/aromatic N) is 4. The number of allylic oxidation sites excluding steroid dienone is 4. The summed E-state index contributed by atoms with van der Waals surface area (Å²) in [5.74, 6) is -1.04. The van der Waals surface area contributed by atoms with E-state index in [9.17, 15) is 57.9 Å². The number of carbonyl (C=O) groups is 3. The first-order valence-electron chi connectivity index (χ1n) is 22.9. The van der Waals surface area contributed by atoms with Crippen molar-refractivity contribution in [1.29, 1.82) is 0 Å². The van der Waals surface area contributed by atoms with Crippen LogP contribution in [0.15, 0.2) is 37.0 Å². The summed E-state index contributed by atoms with van der Waals surface area (Å²) in [5, 5.41) is 26.7. The van der Waals surface area contributed by atoms with Gasteiger partial charge in [0.15, 0.2) is 22.8 Å². The Kier molecular flexibility index (Phi) is 26.4. The van der Waals surface area contributed by atoms with Crippen molar-refractivity contribution in [3.63, 3.8) is 0 Å². The van der Waals surface area contributed by atoms with Gasteiger partial charge in [-0.15, -0.1) is 0 Å². The Morgan fingerprint density at radius 1 is 0.884 bits per heavy atom. The molecule has 24 nitrogen and oxygen atoms in total. The maximum Gasteiger partial charge on any atom is 0.481 e. The molecule has 1 saturated heterocycles. The number of aliphatic hydroxyl groups excluding tert-OH is 2. The van der Waals surface area contributed by atoms with E-state index in [0.717, 1.165) is 67.5 Å². The number of phosphoric ester groups is 3. The Morgan fingerprint density at radius 3 is 2.19 bits per heavy atom. The van der Waals surface area contributed by atoms with E-state index in [1.54, 1.807) is 0 Å². The van der Waals surface area contributed by atoms with E-state index in [1.165, 1.54) is 58.8 Å². The van der Waals surface area contributed by atoms with Crippen molar-refractivity contribution in [3.05, 3.63) is 37.0 Å². The van der Waals surface area contributed by atoms with Crippen molar-refractivity contribution in [3.8, 4) is 0 Å². The number of anilines is 1. The van der Waals surface area contributed by atoms with Gasteiger partial charge in [0.25, 0.3) is 0 Å². The summed E-state index contributed by atoms with van der Waals surface area (Å²) >= 11 is 1.15. The number of nitrogens with one attached hydrogen (secondary N) is 2. The monoisotopic (exact) mass is 1060 g/mol. The maximum atomic E-state index is 12.7. The zero-order valence-corrected chi connectivity index (χ0v) is 42.8. The number of aliphatic hydroxyl groups is 2. The lowest BCUT2D eigenvalue weighted by Crippen LogP contribution is -2.46. The van der Waals surface area contributed by atoms with E-state index < -0.39 is 84.6 Å².